The van der Waals surface area contributed by atoms with Gasteiger partial charge in [-0.15, -0.1) is 5.10 Å². The lowest BCUT2D eigenvalue weighted by molar-refractivity contribution is -0.137. The van der Waals surface area contributed by atoms with Gasteiger partial charge in [-0.1, -0.05) is 0 Å². The van der Waals surface area contributed by atoms with Crippen LogP contribution in [-0.2, 0) is 22.6 Å². The maximum Gasteiger partial charge on any atom is 0.325 e. The highest BCUT2D eigenvalue weighted by molar-refractivity contribution is 5.91. The van der Waals surface area contributed by atoms with E-state index in [-0.39, 0.29) is 18.9 Å². The zero-order valence-electron chi connectivity index (χ0n) is 13.1. The number of fused-ring (bicyclic) bond motifs is 1. The lowest BCUT2D eigenvalue weighted by Crippen LogP contribution is -2.15. The lowest BCUT2D eigenvalue weighted by Gasteiger charge is -1.99. The number of aliphatic carboxylic acids is 1. The first kappa shape index (κ1) is 15.6. The van der Waals surface area contributed by atoms with Gasteiger partial charge in [0.2, 0.25) is 5.91 Å². The molecule has 0 saturated heterocycles. The Bertz CT molecular complexity index is 928. The minimum absolute atomic E-state index is 0.0219. The van der Waals surface area contributed by atoms with Crippen LogP contribution in [0.25, 0.3) is 5.78 Å². The van der Waals surface area contributed by atoms with E-state index in [4.69, 9.17) is 5.11 Å². The third-order valence-electron chi connectivity index (χ3n) is 3.20. The molecule has 0 aliphatic heterocycles. The molecule has 3 aromatic heterocycles. The molecular weight excluding hydrogens is 314 g/mol. The van der Waals surface area contributed by atoms with E-state index in [2.05, 4.69) is 25.5 Å². The van der Waals surface area contributed by atoms with Crippen molar-refractivity contribution in [2.45, 2.75) is 26.8 Å². The van der Waals surface area contributed by atoms with Gasteiger partial charge in [0.15, 0.2) is 5.82 Å². The van der Waals surface area contributed by atoms with Crippen LogP contribution < -0.4 is 5.32 Å². The third kappa shape index (κ3) is 3.37. The van der Waals surface area contributed by atoms with Crippen LogP contribution in [0.4, 0.5) is 5.69 Å². The topological polar surface area (TPSA) is 127 Å². The smallest absolute Gasteiger partial charge is 0.325 e. The van der Waals surface area contributed by atoms with Crippen molar-refractivity contribution in [3.63, 3.8) is 0 Å². The highest BCUT2D eigenvalue weighted by atomic mass is 16.4. The second-order valence-corrected chi connectivity index (χ2v) is 5.32. The van der Waals surface area contributed by atoms with E-state index in [1.807, 2.05) is 19.9 Å². The number of nitrogens with one attached hydrogen (secondary N) is 1. The number of carbonyl (C=O) groups excluding carboxylic acids is 1. The Morgan fingerprint density at radius 3 is 2.83 bits per heavy atom. The Balaban J connectivity index is 1.69. The molecule has 3 rings (SSSR count). The van der Waals surface area contributed by atoms with Gasteiger partial charge >= 0.3 is 5.97 Å². The first-order valence-corrected chi connectivity index (χ1v) is 7.15. The zero-order chi connectivity index (χ0) is 17.3. The average Bonchev–Trinajstić information content (AvgIpc) is 3.04. The molecule has 0 aromatic carbocycles. The highest BCUT2D eigenvalue weighted by Crippen LogP contribution is 2.08. The molecule has 0 radical (unpaired) electrons. The second kappa shape index (κ2) is 6.07. The summed E-state index contributed by atoms with van der Waals surface area (Å²) >= 11 is 0. The number of aryl methyl sites for hydroxylation is 2. The number of hydrogen-bond acceptors (Lipinski definition) is 6. The molecule has 0 atom stereocenters. The minimum Gasteiger partial charge on any atom is -0.480 e. The van der Waals surface area contributed by atoms with Gasteiger partial charge in [-0.05, 0) is 19.9 Å². The number of hydrogen-bond donors (Lipinski definition) is 2. The second-order valence-electron chi connectivity index (χ2n) is 5.32. The van der Waals surface area contributed by atoms with E-state index in [9.17, 15) is 9.59 Å². The Morgan fingerprint density at radius 1 is 1.29 bits per heavy atom. The number of carbonyl (C=O) groups is 2. The number of carboxylic acids is 1. The molecule has 0 bridgehead atoms. The van der Waals surface area contributed by atoms with Crippen LogP contribution in [0.1, 0.15) is 17.2 Å². The first-order valence-electron chi connectivity index (χ1n) is 7.15. The van der Waals surface area contributed by atoms with Crippen LogP contribution in [0, 0.1) is 13.8 Å². The molecule has 2 N–H and O–H groups in total. The molecule has 3 aromatic rings. The summed E-state index contributed by atoms with van der Waals surface area (Å²) in [4.78, 5) is 31.2. The van der Waals surface area contributed by atoms with Crippen molar-refractivity contribution in [1.82, 2.24) is 29.4 Å². The van der Waals surface area contributed by atoms with Crippen molar-refractivity contribution in [3.05, 3.63) is 35.7 Å². The zero-order valence-corrected chi connectivity index (χ0v) is 13.1. The summed E-state index contributed by atoms with van der Waals surface area (Å²) in [6.07, 6.45) is 2.80. The molecule has 1 amide bonds. The largest absolute Gasteiger partial charge is 0.480 e. The molecule has 0 saturated carbocycles. The summed E-state index contributed by atoms with van der Waals surface area (Å²) in [7, 11) is 0. The van der Waals surface area contributed by atoms with Crippen molar-refractivity contribution in [1.29, 1.82) is 0 Å². The third-order valence-corrected chi connectivity index (χ3v) is 3.20. The van der Waals surface area contributed by atoms with Crippen LogP contribution in [0.15, 0.2) is 18.5 Å². The van der Waals surface area contributed by atoms with Crippen LogP contribution >= 0.6 is 0 Å². The highest BCUT2D eigenvalue weighted by Gasteiger charge is 2.13. The molecule has 0 aliphatic rings. The van der Waals surface area contributed by atoms with E-state index in [0.717, 1.165) is 11.4 Å². The molecule has 0 spiro atoms. The molecule has 124 valence electrons. The van der Waals surface area contributed by atoms with Crippen molar-refractivity contribution in [3.8, 4) is 0 Å². The predicted octanol–water partition coefficient (Wildman–Crippen LogP) is 0.203. The minimum atomic E-state index is -1.01. The fourth-order valence-electron chi connectivity index (χ4n) is 2.28. The van der Waals surface area contributed by atoms with E-state index in [1.165, 1.54) is 17.1 Å². The van der Waals surface area contributed by atoms with Gasteiger partial charge in [0.1, 0.15) is 6.54 Å². The van der Waals surface area contributed by atoms with Crippen molar-refractivity contribution in [2.24, 2.45) is 0 Å². The quantitative estimate of drug-likeness (QED) is 0.684. The van der Waals surface area contributed by atoms with Crippen molar-refractivity contribution in [2.75, 3.05) is 5.32 Å². The summed E-state index contributed by atoms with van der Waals surface area (Å²) in [6.45, 7) is 3.48. The predicted molar refractivity (Wildman–Crippen MR) is 82.5 cm³/mol. The molecule has 0 unspecified atom stereocenters. The number of nitrogens with zero attached hydrogens (tertiary/aromatic N) is 6. The SMILES string of the molecule is Cc1cc(C)n2nc(CC(=O)Nc3cnn(CC(=O)O)c3)nc2n1. The van der Waals surface area contributed by atoms with Gasteiger partial charge in [-0.2, -0.15) is 10.1 Å². The number of carboxylic acid groups (broad SMARTS) is 1. The molecule has 0 aliphatic carbocycles. The molecule has 10 nitrogen and oxygen atoms in total. The summed E-state index contributed by atoms with van der Waals surface area (Å²) in [6, 6.07) is 1.88. The van der Waals surface area contributed by atoms with Gasteiger partial charge < -0.3 is 10.4 Å². The van der Waals surface area contributed by atoms with Crippen LogP contribution in [-0.4, -0.2) is 46.3 Å². The average molecular weight is 329 g/mol. The van der Waals surface area contributed by atoms with Gasteiger partial charge in [0, 0.05) is 17.6 Å². The summed E-state index contributed by atoms with van der Waals surface area (Å²) in [5.74, 6) is -0.533. The number of rotatable bonds is 5. The van der Waals surface area contributed by atoms with Gasteiger partial charge in [-0.25, -0.2) is 9.50 Å². The van der Waals surface area contributed by atoms with E-state index in [0.29, 0.717) is 17.3 Å². The van der Waals surface area contributed by atoms with Crippen molar-refractivity contribution < 1.29 is 14.7 Å². The number of anilines is 1. The molecule has 0 fully saturated rings. The Morgan fingerprint density at radius 2 is 2.08 bits per heavy atom. The van der Waals surface area contributed by atoms with Crippen LogP contribution in [0.2, 0.25) is 0 Å². The lowest BCUT2D eigenvalue weighted by atomic mass is 10.4. The van der Waals surface area contributed by atoms with E-state index >= 15 is 0 Å². The van der Waals surface area contributed by atoms with E-state index in [1.54, 1.807) is 4.52 Å². The van der Waals surface area contributed by atoms with E-state index < -0.39 is 5.97 Å². The Hall–Kier alpha value is -3.30. The number of aromatic nitrogens is 6. The molecule has 3 heterocycles. The maximum absolute atomic E-state index is 12.1. The molecule has 24 heavy (non-hydrogen) atoms. The Kier molecular flexibility index (Phi) is 3.94. The Labute approximate surface area is 136 Å². The standard InChI is InChI=1S/C14H15N7O3/c1-8-3-9(2)21-14(16-8)18-11(19-21)4-12(22)17-10-5-15-20(6-10)7-13(23)24/h3,5-6H,4,7H2,1-2H3,(H,17,22)(H,23,24). The van der Waals surface area contributed by atoms with Gasteiger partial charge in [-0.3, -0.25) is 14.3 Å². The summed E-state index contributed by atoms with van der Waals surface area (Å²) in [5.41, 5.74) is 2.12. The van der Waals surface area contributed by atoms with Crippen LogP contribution in [0.3, 0.4) is 0 Å². The summed E-state index contributed by atoms with van der Waals surface area (Å²) < 4.78 is 2.80. The number of amides is 1. The molecule has 10 heteroatoms. The fourth-order valence-corrected chi connectivity index (χ4v) is 2.28. The van der Waals surface area contributed by atoms with Gasteiger partial charge in [0.05, 0.1) is 18.3 Å². The molecular formula is C14H15N7O3. The van der Waals surface area contributed by atoms with Crippen LogP contribution in [0.5, 0.6) is 0 Å². The van der Waals surface area contributed by atoms with Gasteiger partial charge in [0.25, 0.3) is 5.78 Å². The fraction of sp³-hybridized carbons (Fsp3) is 0.286. The normalized spacial score (nSPS) is 10.9. The summed E-state index contributed by atoms with van der Waals surface area (Å²) in [5, 5.41) is 19.4. The first-order chi connectivity index (χ1) is 11.4. The van der Waals surface area contributed by atoms with Crippen molar-refractivity contribution >= 4 is 23.3 Å². The monoisotopic (exact) mass is 329 g/mol. The maximum atomic E-state index is 12.1.